The molecule has 2 aromatic carbocycles. The van der Waals surface area contributed by atoms with Crippen molar-refractivity contribution in [1.82, 2.24) is 5.32 Å². The summed E-state index contributed by atoms with van der Waals surface area (Å²) in [5.41, 5.74) is -0.651. The van der Waals surface area contributed by atoms with E-state index in [1.54, 1.807) is 42.5 Å². The fraction of sp³-hybridized carbons (Fsp3) is 0.471. The number of benzene rings is 2. The molecular weight excluding hydrogens is 629 g/mol. The molecule has 6 rings (SSSR count). The molecule has 6 atom stereocenters. The Balaban J connectivity index is 1.33. The first-order valence-corrected chi connectivity index (χ1v) is 16.3. The number of ketones is 1. The third-order valence-corrected chi connectivity index (χ3v) is 11.6. The molecular formula is C34H33F5NO5S-. The molecule has 4 aliphatic rings. The number of aliphatic hydroxyl groups is 1. The number of nitrogens with one attached hydrogen (secondary N) is 1. The van der Waals surface area contributed by atoms with Crippen molar-refractivity contribution in [2.45, 2.75) is 86.9 Å². The third-order valence-electron chi connectivity index (χ3n) is 10.9. The van der Waals surface area contributed by atoms with Crippen LogP contribution in [0.1, 0.15) is 79.3 Å². The zero-order chi connectivity index (χ0) is 33.2. The molecule has 0 bridgehead atoms. The molecule has 6 nitrogen and oxygen atoms in total. The molecule has 12 heteroatoms. The monoisotopic (exact) mass is 662 g/mol. The van der Waals surface area contributed by atoms with Gasteiger partial charge in [-0.25, -0.2) is 0 Å². The predicted octanol–water partition coefficient (Wildman–Crippen LogP) is 6.68. The maximum Gasteiger partial charge on any atom is 0.456 e. The Morgan fingerprint density at radius 1 is 1.02 bits per heavy atom. The summed E-state index contributed by atoms with van der Waals surface area (Å²) in [5, 5.41) is 14.2. The number of fused-ring (bicyclic) bond motifs is 4. The van der Waals surface area contributed by atoms with Crippen LogP contribution in [0.2, 0.25) is 0 Å². The zero-order valence-corrected chi connectivity index (χ0v) is 25.8. The molecule has 1 amide bonds. The lowest BCUT2D eigenvalue weighted by Crippen LogP contribution is -2.65. The van der Waals surface area contributed by atoms with Crippen LogP contribution < -0.4 is 5.32 Å². The van der Waals surface area contributed by atoms with Crippen molar-refractivity contribution in [3.05, 3.63) is 88.0 Å². The highest BCUT2D eigenvalue weighted by Crippen LogP contribution is 2.70. The normalized spacial score (nSPS) is 30.2. The van der Waals surface area contributed by atoms with Crippen LogP contribution in [0.25, 0.3) is 0 Å². The van der Waals surface area contributed by atoms with Crippen LogP contribution in [0, 0.1) is 17.3 Å². The van der Waals surface area contributed by atoms with Crippen LogP contribution in [0.3, 0.4) is 0 Å². The fourth-order valence-electron chi connectivity index (χ4n) is 8.58. The van der Waals surface area contributed by atoms with Crippen LogP contribution in [0.4, 0.5) is 22.0 Å². The molecule has 2 aromatic rings. The summed E-state index contributed by atoms with van der Waals surface area (Å²) in [5.74, 6) is -7.27. The lowest BCUT2D eigenvalue weighted by atomic mass is 9.50. The minimum absolute atomic E-state index is 0.00161. The number of halogens is 5. The zero-order valence-electron chi connectivity index (χ0n) is 25.0. The number of carbonyl (C=O) groups is 2. The van der Waals surface area contributed by atoms with Crippen molar-refractivity contribution in [1.29, 1.82) is 0 Å². The SMILES string of the molecule is CC12C[C@H](c3ccc(C(=O)NCc4ccc(S(=O)[O-])cc4)cc3)C3=C4CCC(=O)C=C4CCC3C1CC[C@@]2(O)C(F)(F)C(F)(F)F. The average molecular weight is 663 g/mol. The maximum atomic E-state index is 15.2. The van der Waals surface area contributed by atoms with Gasteiger partial charge in [0.1, 0.15) is 5.60 Å². The number of hydrogen-bond donors (Lipinski definition) is 2. The number of rotatable bonds is 6. The molecule has 246 valence electrons. The predicted molar refractivity (Wildman–Crippen MR) is 157 cm³/mol. The molecule has 46 heavy (non-hydrogen) atoms. The number of hydrogen-bond acceptors (Lipinski definition) is 5. The van der Waals surface area contributed by atoms with Crippen molar-refractivity contribution in [3.8, 4) is 0 Å². The van der Waals surface area contributed by atoms with Crippen molar-refractivity contribution >= 4 is 22.8 Å². The van der Waals surface area contributed by atoms with E-state index in [4.69, 9.17) is 0 Å². The number of alkyl halides is 5. The van der Waals surface area contributed by atoms with Crippen molar-refractivity contribution in [2.24, 2.45) is 17.3 Å². The minimum atomic E-state index is -5.92. The Hall–Kier alpha value is -3.22. The van der Waals surface area contributed by atoms with Gasteiger partial charge in [0.15, 0.2) is 5.78 Å². The van der Waals surface area contributed by atoms with Gasteiger partial charge in [-0.05, 0) is 114 Å². The van der Waals surface area contributed by atoms with Gasteiger partial charge in [0.05, 0.1) is 0 Å². The fourth-order valence-corrected chi connectivity index (χ4v) is 8.94. The van der Waals surface area contributed by atoms with Crippen LogP contribution >= 0.6 is 0 Å². The van der Waals surface area contributed by atoms with Crippen molar-refractivity contribution < 1.29 is 45.4 Å². The quantitative estimate of drug-likeness (QED) is 0.265. The van der Waals surface area contributed by atoms with Crippen LogP contribution in [0.15, 0.2) is 76.2 Å². The van der Waals surface area contributed by atoms with Gasteiger partial charge >= 0.3 is 12.1 Å². The Bertz CT molecular complexity index is 1650. The first kappa shape index (κ1) is 32.7. The molecule has 0 aliphatic heterocycles. The third kappa shape index (κ3) is 5.16. The largest absolute Gasteiger partial charge is 0.768 e. The summed E-state index contributed by atoms with van der Waals surface area (Å²) >= 11 is -2.37. The minimum Gasteiger partial charge on any atom is -0.768 e. The Morgan fingerprint density at radius 2 is 1.70 bits per heavy atom. The summed E-state index contributed by atoms with van der Waals surface area (Å²) in [6, 6.07) is 12.5. The van der Waals surface area contributed by atoms with Gasteiger partial charge in [-0.15, -0.1) is 0 Å². The van der Waals surface area contributed by atoms with E-state index in [1.807, 2.05) is 0 Å². The van der Waals surface area contributed by atoms with Gasteiger partial charge in [-0.2, -0.15) is 22.0 Å². The molecule has 4 aliphatic carbocycles. The van der Waals surface area contributed by atoms with E-state index in [2.05, 4.69) is 5.32 Å². The van der Waals surface area contributed by atoms with Gasteiger partial charge in [0.2, 0.25) is 0 Å². The van der Waals surface area contributed by atoms with E-state index < -0.39 is 58.4 Å². The standard InChI is InChI=1S/C34H34F5NO5S/c1-31-17-27(20-4-6-21(7-5-20)30(42)40-18-19-2-10-24(11-3-19)46(44)45)29-25-13-9-23(41)16-22(25)8-12-26(29)28(31)14-15-32(31,43)33(35,36)34(37,38)39/h2-7,10-11,16,26-28,43H,8-9,12-15,17-18H2,1H3,(H,40,42)(H,44,45)/p-1/t26?,27-,28?,31?,32+/m1/s1. The molecule has 0 spiro atoms. The highest BCUT2D eigenvalue weighted by molar-refractivity contribution is 7.79. The lowest BCUT2D eigenvalue weighted by molar-refractivity contribution is -0.362. The van der Waals surface area contributed by atoms with Crippen LogP contribution in [0.5, 0.6) is 0 Å². The molecule has 0 radical (unpaired) electrons. The van der Waals surface area contributed by atoms with Crippen LogP contribution in [-0.4, -0.2) is 43.3 Å². The molecule has 2 N–H and O–H groups in total. The molecule has 2 fully saturated rings. The smallest absolute Gasteiger partial charge is 0.456 e. The van der Waals surface area contributed by atoms with E-state index in [1.165, 1.54) is 19.1 Å². The van der Waals surface area contributed by atoms with E-state index in [-0.39, 0.29) is 42.4 Å². The van der Waals surface area contributed by atoms with Gasteiger partial charge in [0.25, 0.3) is 5.91 Å². The van der Waals surface area contributed by atoms with E-state index in [0.717, 1.165) is 16.7 Å². The average Bonchev–Trinajstić information content (AvgIpc) is 3.30. The first-order chi connectivity index (χ1) is 21.6. The summed E-state index contributed by atoms with van der Waals surface area (Å²) in [6.07, 6.45) is -3.35. The lowest BCUT2D eigenvalue weighted by Gasteiger charge is -2.56. The van der Waals surface area contributed by atoms with E-state index in [0.29, 0.717) is 36.0 Å². The van der Waals surface area contributed by atoms with E-state index >= 15 is 8.78 Å². The van der Waals surface area contributed by atoms with Crippen LogP contribution in [-0.2, 0) is 22.4 Å². The van der Waals surface area contributed by atoms with Crippen molar-refractivity contribution in [3.63, 3.8) is 0 Å². The Labute approximate surface area is 265 Å². The highest BCUT2D eigenvalue weighted by atomic mass is 32.2. The second-order valence-corrected chi connectivity index (χ2v) is 14.1. The summed E-state index contributed by atoms with van der Waals surface area (Å²) < 4.78 is 93.9. The highest BCUT2D eigenvalue weighted by Gasteiger charge is 2.79. The molecule has 2 saturated carbocycles. The Kier molecular flexibility index (Phi) is 8.17. The second kappa shape index (κ2) is 11.5. The molecule has 0 heterocycles. The number of carbonyl (C=O) groups excluding carboxylic acids is 2. The first-order valence-electron chi connectivity index (χ1n) is 15.3. The number of allylic oxidation sites excluding steroid dienone is 4. The summed E-state index contributed by atoms with van der Waals surface area (Å²) in [6.45, 7) is 1.50. The van der Waals surface area contributed by atoms with Gasteiger partial charge in [-0.3, -0.25) is 13.8 Å². The van der Waals surface area contributed by atoms with Gasteiger partial charge in [0, 0.05) is 34.8 Å². The Morgan fingerprint density at radius 3 is 2.33 bits per heavy atom. The van der Waals surface area contributed by atoms with Gasteiger partial charge < -0.3 is 15.0 Å². The topological polar surface area (TPSA) is 107 Å². The molecule has 0 aromatic heterocycles. The van der Waals surface area contributed by atoms with Crippen molar-refractivity contribution in [2.75, 3.05) is 0 Å². The second-order valence-electron chi connectivity index (χ2n) is 13.2. The summed E-state index contributed by atoms with van der Waals surface area (Å²) in [7, 11) is 0. The van der Waals surface area contributed by atoms with Gasteiger partial charge in [-0.1, -0.05) is 36.8 Å². The molecule has 0 saturated heterocycles. The maximum absolute atomic E-state index is 15.2. The molecule has 4 unspecified atom stereocenters. The van der Waals surface area contributed by atoms with E-state index in [9.17, 15) is 36.6 Å². The summed E-state index contributed by atoms with van der Waals surface area (Å²) in [4.78, 5) is 25.3. The number of amides is 1.